The van der Waals surface area contributed by atoms with Crippen molar-refractivity contribution < 1.29 is 24.2 Å². The molecule has 0 amide bonds. The van der Waals surface area contributed by atoms with E-state index >= 15 is 0 Å². The number of hydrogen-bond acceptors (Lipinski definition) is 5. The maximum Gasteiger partial charge on any atom is 0.334 e. The van der Waals surface area contributed by atoms with Crippen LogP contribution in [-0.4, -0.2) is 35.4 Å². The number of Topliss-reactive ketones (excluding diaryl/α,β-unsaturated/α-hetero) is 1. The van der Waals surface area contributed by atoms with Crippen LogP contribution in [0.15, 0.2) is 23.3 Å². The first-order chi connectivity index (χ1) is 12.1. The molecule has 1 saturated heterocycles. The topological polar surface area (TPSA) is 72.8 Å². The molecule has 1 saturated carbocycles. The Morgan fingerprint density at radius 1 is 1.38 bits per heavy atom. The predicted molar refractivity (Wildman–Crippen MR) is 94.9 cm³/mol. The number of allylic oxidation sites excluding steroid dienone is 1. The zero-order valence-electron chi connectivity index (χ0n) is 16.2. The highest BCUT2D eigenvalue weighted by Crippen LogP contribution is 2.70. The van der Waals surface area contributed by atoms with Crippen LogP contribution < -0.4 is 0 Å². The van der Waals surface area contributed by atoms with E-state index in [1.807, 2.05) is 33.8 Å². The van der Waals surface area contributed by atoms with E-state index in [2.05, 4.69) is 0 Å². The van der Waals surface area contributed by atoms with Crippen molar-refractivity contribution in [3.05, 3.63) is 23.3 Å². The largest absolute Gasteiger partial charge is 0.466 e. The van der Waals surface area contributed by atoms with Crippen molar-refractivity contribution in [1.82, 2.24) is 0 Å². The number of esters is 1. The number of hydrogen-bond donors (Lipinski definition) is 1. The quantitative estimate of drug-likeness (QED) is 0.605. The summed E-state index contributed by atoms with van der Waals surface area (Å²) < 4.78 is 11.4. The van der Waals surface area contributed by atoms with Crippen LogP contribution in [0.2, 0.25) is 0 Å². The number of rotatable bonds is 2. The first-order valence-electron chi connectivity index (χ1n) is 9.55. The zero-order valence-corrected chi connectivity index (χ0v) is 16.2. The Hall–Kier alpha value is -1.46. The third-order valence-electron chi connectivity index (χ3n) is 7.42. The summed E-state index contributed by atoms with van der Waals surface area (Å²) in [5.41, 5.74) is -0.135. The van der Waals surface area contributed by atoms with Crippen LogP contribution in [0.4, 0.5) is 0 Å². The van der Waals surface area contributed by atoms with Gasteiger partial charge in [0.25, 0.3) is 0 Å². The second kappa shape index (κ2) is 5.29. The van der Waals surface area contributed by atoms with Gasteiger partial charge < -0.3 is 14.6 Å². The number of aliphatic hydroxyl groups is 1. The summed E-state index contributed by atoms with van der Waals surface area (Å²) in [6.07, 6.45) is 5.84. The number of methoxy groups -OCH3 is 1. The first kappa shape index (κ1) is 17.9. The van der Waals surface area contributed by atoms with Gasteiger partial charge in [-0.15, -0.1) is 0 Å². The van der Waals surface area contributed by atoms with Crippen LogP contribution in [0.25, 0.3) is 0 Å². The van der Waals surface area contributed by atoms with Gasteiger partial charge in [-0.3, -0.25) is 4.79 Å². The van der Waals surface area contributed by atoms with E-state index in [4.69, 9.17) is 9.47 Å². The standard InChI is InChI=1S/C21H28O5/c1-11(2)13-10-21(24)19(4)15-7-6-12(3)8-20(15,26-21)9-14(18(23)25-5)16(19)17(13)22/h8-9,11,13,15-16,24H,6-7,10H2,1-5H3/t13-,15-,16-,19-,20-,21+/m1/s1. The van der Waals surface area contributed by atoms with E-state index < -0.39 is 28.7 Å². The lowest BCUT2D eigenvalue weighted by Gasteiger charge is -2.53. The van der Waals surface area contributed by atoms with Gasteiger partial charge in [-0.1, -0.05) is 26.3 Å². The minimum atomic E-state index is -1.43. The molecule has 0 spiro atoms. The molecule has 142 valence electrons. The highest BCUT2D eigenvalue weighted by Gasteiger charge is 2.77. The first-order valence-corrected chi connectivity index (χ1v) is 9.55. The summed E-state index contributed by atoms with van der Waals surface area (Å²) in [4.78, 5) is 26.1. The average Bonchev–Trinajstić information content (AvgIpc) is 2.72. The third-order valence-corrected chi connectivity index (χ3v) is 7.42. The summed E-state index contributed by atoms with van der Waals surface area (Å²) in [6.45, 7) is 7.94. The summed E-state index contributed by atoms with van der Waals surface area (Å²) >= 11 is 0. The summed E-state index contributed by atoms with van der Waals surface area (Å²) in [7, 11) is 1.33. The minimum absolute atomic E-state index is 0.0285. The van der Waals surface area contributed by atoms with Gasteiger partial charge in [-0.05, 0) is 37.8 Å². The maximum absolute atomic E-state index is 13.4. The fourth-order valence-electron chi connectivity index (χ4n) is 6.13. The Morgan fingerprint density at radius 2 is 2.08 bits per heavy atom. The van der Waals surface area contributed by atoms with Gasteiger partial charge >= 0.3 is 5.97 Å². The Labute approximate surface area is 154 Å². The van der Waals surface area contributed by atoms with Crippen LogP contribution in [0.3, 0.4) is 0 Å². The highest BCUT2D eigenvalue weighted by molar-refractivity contribution is 6.01. The van der Waals surface area contributed by atoms with Crippen molar-refractivity contribution >= 4 is 11.8 Å². The van der Waals surface area contributed by atoms with Gasteiger partial charge in [0.15, 0.2) is 5.79 Å². The van der Waals surface area contributed by atoms with Gasteiger partial charge in [0.2, 0.25) is 0 Å². The Morgan fingerprint density at radius 3 is 2.69 bits per heavy atom. The van der Waals surface area contributed by atoms with Gasteiger partial charge in [-0.25, -0.2) is 4.79 Å². The fraction of sp³-hybridized carbons (Fsp3) is 0.714. The molecule has 1 N–H and O–H groups in total. The van der Waals surface area contributed by atoms with Crippen molar-refractivity contribution in [3.63, 3.8) is 0 Å². The lowest BCUT2D eigenvalue weighted by atomic mass is 9.47. The second-order valence-corrected chi connectivity index (χ2v) is 9.09. The van der Waals surface area contributed by atoms with Crippen molar-refractivity contribution in [3.8, 4) is 0 Å². The van der Waals surface area contributed by atoms with E-state index in [1.54, 1.807) is 6.08 Å². The van der Waals surface area contributed by atoms with Crippen LogP contribution >= 0.6 is 0 Å². The van der Waals surface area contributed by atoms with E-state index in [-0.39, 0.29) is 30.0 Å². The molecule has 3 aliphatic carbocycles. The van der Waals surface area contributed by atoms with Gasteiger partial charge in [0.1, 0.15) is 11.4 Å². The SMILES string of the molecule is COC(=O)C1=C[C@]23C=C(C)CC[C@@H]2[C@]2(C)[C@H]1C(=O)[C@@H](C(C)C)C[C@]2(O)O3. The smallest absolute Gasteiger partial charge is 0.334 e. The molecule has 6 atom stereocenters. The average molecular weight is 360 g/mol. The van der Waals surface area contributed by atoms with Crippen LogP contribution in [0.1, 0.15) is 47.0 Å². The van der Waals surface area contributed by atoms with E-state index in [1.165, 1.54) is 12.7 Å². The van der Waals surface area contributed by atoms with Crippen LogP contribution in [0.5, 0.6) is 0 Å². The van der Waals surface area contributed by atoms with Crippen LogP contribution in [0, 0.1) is 29.1 Å². The molecule has 0 aromatic carbocycles. The predicted octanol–water partition coefficient (Wildman–Crippen LogP) is 2.78. The Bertz CT molecular complexity index is 750. The molecular formula is C21H28O5. The molecule has 4 rings (SSSR count). The zero-order chi connectivity index (χ0) is 19.1. The van der Waals surface area contributed by atoms with Gasteiger partial charge in [0, 0.05) is 29.2 Å². The molecule has 5 nitrogen and oxygen atoms in total. The van der Waals surface area contributed by atoms with Crippen molar-refractivity contribution in [2.45, 2.75) is 58.3 Å². The number of carbonyl (C=O) groups excluding carboxylic acids is 2. The number of ketones is 1. The molecule has 26 heavy (non-hydrogen) atoms. The monoisotopic (exact) mass is 360 g/mol. The van der Waals surface area contributed by atoms with E-state index in [0.717, 1.165) is 12.8 Å². The molecule has 2 fully saturated rings. The molecule has 5 heteroatoms. The molecule has 1 aliphatic heterocycles. The molecule has 4 aliphatic rings. The van der Waals surface area contributed by atoms with Crippen molar-refractivity contribution in [2.75, 3.05) is 7.11 Å². The van der Waals surface area contributed by atoms with Crippen molar-refractivity contribution in [1.29, 1.82) is 0 Å². The lowest BCUT2D eigenvalue weighted by molar-refractivity contribution is -0.267. The van der Waals surface area contributed by atoms with E-state index in [9.17, 15) is 14.7 Å². The number of carbonyl (C=O) groups is 2. The lowest BCUT2D eigenvalue weighted by Crippen LogP contribution is -2.62. The van der Waals surface area contributed by atoms with Gasteiger partial charge in [-0.2, -0.15) is 0 Å². The Balaban J connectivity index is 1.99. The highest BCUT2D eigenvalue weighted by atomic mass is 16.7. The second-order valence-electron chi connectivity index (χ2n) is 9.09. The van der Waals surface area contributed by atoms with E-state index in [0.29, 0.717) is 5.57 Å². The van der Waals surface area contributed by atoms with Gasteiger partial charge in [0.05, 0.1) is 13.0 Å². The summed E-state index contributed by atoms with van der Waals surface area (Å²) in [5, 5.41) is 11.7. The molecule has 1 heterocycles. The molecule has 0 aromatic heterocycles. The molecule has 0 aromatic rings. The third kappa shape index (κ3) is 1.93. The molecule has 2 bridgehead atoms. The maximum atomic E-state index is 13.4. The minimum Gasteiger partial charge on any atom is -0.466 e. The molecule has 0 unspecified atom stereocenters. The summed E-state index contributed by atoms with van der Waals surface area (Å²) in [5.74, 6) is -2.89. The van der Waals surface area contributed by atoms with Crippen LogP contribution in [-0.2, 0) is 19.1 Å². The molecule has 0 radical (unpaired) electrons. The fourth-order valence-corrected chi connectivity index (χ4v) is 6.13. The normalized spacial score (nSPS) is 46.6. The Kier molecular flexibility index (Phi) is 3.65. The molecular weight excluding hydrogens is 332 g/mol. The summed E-state index contributed by atoms with van der Waals surface area (Å²) in [6, 6.07) is 0. The van der Waals surface area contributed by atoms with Crippen molar-refractivity contribution in [2.24, 2.45) is 29.1 Å². The number of ether oxygens (including phenoxy) is 2.